The van der Waals surface area contributed by atoms with Gasteiger partial charge in [-0.25, -0.2) is 9.79 Å². The van der Waals surface area contributed by atoms with Crippen molar-refractivity contribution in [2.45, 2.75) is 33.2 Å². The standard InChI is InChI=1S/C29H32N4O6/c1-5-32(18(2)34)14-13-21-20-8-6-7-9-23(20)30-24(21)17-22-27(35)31-29(37)33(28(22)36)15-12-19-10-11-25(38-3)26(16-19)39-4/h6-11,16-17,36H,5,12-15H2,1-4H3,(H,31,35,37)/b24-17-. The molecule has 204 valence electrons. The maximum absolute atomic E-state index is 12.8. The number of para-hydroxylation sites is 1. The lowest BCUT2D eigenvalue weighted by atomic mass is 10.0. The number of ether oxygens (including phenoxy) is 2. The van der Waals surface area contributed by atoms with Crippen molar-refractivity contribution in [2.75, 3.05) is 27.3 Å². The summed E-state index contributed by atoms with van der Waals surface area (Å²) < 4.78 is 11.7. The first-order chi connectivity index (χ1) is 18.8. The van der Waals surface area contributed by atoms with Gasteiger partial charge in [-0.05, 0) is 55.2 Å². The monoisotopic (exact) mass is 532 g/mol. The molecule has 0 unspecified atom stereocenters. The maximum Gasteiger partial charge on any atom is 0.331 e. The van der Waals surface area contributed by atoms with Crippen LogP contribution in [0.5, 0.6) is 17.4 Å². The molecular formula is C29H32N4O6. The first kappa shape index (κ1) is 27.4. The van der Waals surface area contributed by atoms with Crippen LogP contribution in [0.25, 0.3) is 11.6 Å². The number of amides is 1. The number of nitrogens with zero attached hydrogens (tertiary/aromatic N) is 3. The van der Waals surface area contributed by atoms with Crippen LogP contribution in [0.1, 0.15) is 31.4 Å². The van der Waals surface area contributed by atoms with Crippen LogP contribution in [-0.2, 0) is 17.8 Å². The Kier molecular flexibility index (Phi) is 8.33. The number of hydrogen-bond acceptors (Lipinski definition) is 7. The Hall–Kier alpha value is -4.60. The fraction of sp³-hybridized carbons (Fsp3) is 0.310. The predicted molar refractivity (Wildman–Crippen MR) is 147 cm³/mol. The molecule has 0 radical (unpaired) electrons. The van der Waals surface area contributed by atoms with E-state index < -0.39 is 17.1 Å². The highest BCUT2D eigenvalue weighted by molar-refractivity contribution is 5.77. The van der Waals surface area contributed by atoms with Crippen LogP contribution in [0.4, 0.5) is 0 Å². The van der Waals surface area contributed by atoms with Gasteiger partial charge in [0.1, 0.15) is 5.56 Å². The number of methoxy groups -OCH3 is 2. The van der Waals surface area contributed by atoms with Crippen LogP contribution in [0.3, 0.4) is 0 Å². The molecule has 4 rings (SSSR count). The van der Waals surface area contributed by atoms with E-state index in [1.54, 1.807) is 24.1 Å². The largest absolute Gasteiger partial charge is 0.494 e. The third-order valence-corrected chi connectivity index (χ3v) is 6.80. The van der Waals surface area contributed by atoms with Gasteiger partial charge in [0.25, 0.3) is 5.56 Å². The number of aromatic nitrogens is 2. The quantitative estimate of drug-likeness (QED) is 0.408. The number of allylic oxidation sites excluding steroid dienone is 1. The van der Waals surface area contributed by atoms with Gasteiger partial charge in [0.05, 0.1) is 25.3 Å². The summed E-state index contributed by atoms with van der Waals surface area (Å²) in [5.74, 6) is 0.664. The average Bonchev–Trinajstić information content (AvgIpc) is 3.27. The van der Waals surface area contributed by atoms with Crippen LogP contribution >= 0.6 is 0 Å². The smallest absolute Gasteiger partial charge is 0.331 e. The minimum atomic E-state index is -0.712. The van der Waals surface area contributed by atoms with Gasteiger partial charge < -0.3 is 19.5 Å². The van der Waals surface area contributed by atoms with Crippen molar-refractivity contribution in [3.8, 4) is 17.4 Å². The summed E-state index contributed by atoms with van der Waals surface area (Å²) in [6.07, 6.45) is 2.40. The molecule has 10 nitrogen and oxygen atoms in total. The van der Waals surface area contributed by atoms with Crippen molar-refractivity contribution in [2.24, 2.45) is 4.99 Å². The summed E-state index contributed by atoms with van der Waals surface area (Å²) in [5.41, 5.74) is 0.722. The lowest BCUT2D eigenvalue weighted by molar-refractivity contribution is -0.128. The normalized spacial score (nSPS) is 13.2. The third-order valence-electron chi connectivity index (χ3n) is 6.80. The van der Waals surface area contributed by atoms with Crippen LogP contribution in [0.2, 0.25) is 0 Å². The number of aromatic hydroxyl groups is 1. The van der Waals surface area contributed by atoms with Gasteiger partial charge in [-0.2, -0.15) is 0 Å². The zero-order chi connectivity index (χ0) is 28.1. The first-order valence-electron chi connectivity index (χ1n) is 12.7. The second kappa shape index (κ2) is 11.8. The Morgan fingerprint density at radius 1 is 1.10 bits per heavy atom. The van der Waals surface area contributed by atoms with Crippen LogP contribution in [-0.4, -0.2) is 52.8 Å². The molecule has 0 saturated carbocycles. The van der Waals surface area contributed by atoms with Crippen molar-refractivity contribution in [3.05, 3.63) is 90.7 Å². The highest BCUT2D eigenvalue weighted by Crippen LogP contribution is 2.28. The first-order valence-corrected chi connectivity index (χ1v) is 12.7. The van der Waals surface area contributed by atoms with Crippen molar-refractivity contribution < 1.29 is 19.4 Å². The van der Waals surface area contributed by atoms with E-state index in [2.05, 4.69) is 9.98 Å². The molecule has 0 saturated heterocycles. The second-order valence-corrected chi connectivity index (χ2v) is 9.07. The van der Waals surface area contributed by atoms with Gasteiger partial charge in [0.2, 0.25) is 11.8 Å². The molecule has 1 aromatic heterocycles. The number of carbonyl (C=O) groups excluding carboxylic acids is 1. The molecule has 1 aliphatic rings. The Labute approximate surface area is 225 Å². The van der Waals surface area contributed by atoms with Gasteiger partial charge in [0.15, 0.2) is 11.5 Å². The van der Waals surface area contributed by atoms with Crippen LogP contribution in [0, 0.1) is 0 Å². The van der Waals surface area contributed by atoms with Gasteiger partial charge in [-0.15, -0.1) is 0 Å². The van der Waals surface area contributed by atoms with Gasteiger partial charge >= 0.3 is 5.69 Å². The third kappa shape index (κ3) is 5.79. The van der Waals surface area contributed by atoms with E-state index in [0.29, 0.717) is 43.1 Å². The highest BCUT2D eigenvalue weighted by atomic mass is 16.5. The van der Waals surface area contributed by atoms with Crippen LogP contribution < -0.4 is 31.3 Å². The van der Waals surface area contributed by atoms with E-state index in [-0.39, 0.29) is 18.0 Å². The van der Waals surface area contributed by atoms with Crippen molar-refractivity contribution >= 4 is 17.6 Å². The highest BCUT2D eigenvalue weighted by Gasteiger charge is 2.19. The molecule has 1 amide bonds. The molecule has 3 aromatic rings. The molecule has 10 heteroatoms. The topological polar surface area (TPSA) is 126 Å². The molecule has 0 bridgehead atoms. The zero-order valence-corrected chi connectivity index (χ0v) is 22.5. The number of carbonyl (C=O) groups is 1. The van der Waals surface area contributed by atoms with E-state index in [1.807, 2.05) is 37.3 Å². The summed E-state index contributed by atoms with van der Waals surface area (Å²) in [5, 5.41) is 12.7. The molecule has 0 aliphatic carbocycles. The van der Waals surface area contributed by atoms with E-state index in [1.165, 1.54) is 20.1 Å². The van der Waals surface area contributed by atoms with Crippen molar-refractivity contribution in [1.29, 1.82) is 0 Å². The number of hydrogen-bond donors (Lipinski definition) is 2. The molecular weight excluding hydrogens is 500 g/mol. The fourth-order valence-electron chi connectivity index (χ4n) is 4.66. The summed E-state index contributed by atoms with van der Waals surface area (Å²) >= 11 is 0. The second-order valence-electron chi connectivity index (χ2n) is 9.07. The summed E-state index contributed by atoms with van der Waals surface area (Å²) in [6.45, 7) is 4.62. The number of aromatic amines is 1. The number of fused-ring (bicyclic) bond motifs is 1. The lowest BCUT2D eigenvalue weighted by Crippen LogP contribution is -2.32. The molecule has 2 aromatic carbocycles. The van der Waals surface area contributed by atoms with Gasteiger partial charge in [0, 0.05) is 31.8 Å². The number of benzene rings is 2. The zero-order valence-electron chi connectivity index (χ0n) is 22.5. The SMILES string of the molecule is CCN(CCC1=c2ccccc2=N/C1=C\c1c(O)n(CCc2ccc(OC)c(OC)c2)c(=O)[nH]c1=O)C(C)=O. The van der Waals surface area contributed by atoms with Crippen molar-refractivity contribution in [1.82, 2.24) is 14.5 Å². The predicted octanol–water partition coefficient (Wildman–Crippen LogP) is 1.59. The minimum absolute atomic E-state index is 0.0255. The molecule has 2 N–H and O–H groups in total. The Morgan fingerprint density at radius 3 is 2.54 bits per heavy atom. The fourth-order valence-corrected chi connectivity index (χ4v) is 4.66. The van der Waals surface area contributed by atoms with E-state index in [0.717, 1.165) is 26.3 Å². The summed E-state index contributed by atoms with van der Waals surface area (Å²) in [6, 6.07) is 13.0. The summed E-state index contributed by atoms with van der Waals surface area (Å²) in [7, 11) is 3.09. The molecule has 0 atom stereocenters. The molecule has 2 heterocycles. The van der Waals surface area contributed by atoms with E-state index in [4.69, 9.17) is 9.47 Å². The van der Waals surface area contributed by atoms with Gasteiger partial charge in [-0.3, -0.25) is 19.1 Å². The van der Waals surface area contributed by atoms with Crippen molar-refractivity contribution in [3.63, 3.8) is 0 Å². The molecule has 0 fully saturated rings. The molecule has 0 spiro atoms. The Balaban J connectivity index is 1.70. The maximum atomic E-state index is 12.8. The van der Waals surface area contributed by atoms with E-state index >= 15 is 0 Å². The number of nitrogens with one attached hydrogen (secondary N) is 1. The van der Waals surface area contributed by atoms with Gasteiger partial charge in [-0.1, -0.05) is 24.3 Å². The van der Waals surface area contributed by atoms with Crippen LogP contribution in [0.15, 0.2) is 62.7 Å². The van der Waals surface area contributed by atoms with E-state index in [9.17, 15) is 19.5 Å². The minimum Gasteiger partial charge on any atom is -0.494 e. The number of aryl methyl sites for hydroxylation is 1. The number of H-pyrrole nitrogens is 1. The summed E-state index contributed by atoms with van der Waals surface area (Å²) in [4.78, 5) is 46.1. The number of rotatable bonds is 10. The average molecular weight is 533 g/mol. The molecule has 1 aliphatic heterocycles. The Morgan fingerprint density at radius 2 is 1.85 bits per heavy atom. The Bertz CT molecular complexity index is 1670. The lowest BCUT2D eigenvalue weighted by Gasteiger charge is -2.19. The molecule has 39 heavy (non-hydrogen) atoms.